The van der Waals surface area contributed by atoms with Crippen molar-refractivity contribution in [1.82, 2.24) is 4.90 Å². The molecule has 1 amide bonds. The van der Waals surface area contributed by atoms with E-state index in [1.165, 1.54) is 17.0 Å². The highest BCUT2D eigenvalue weighted by Crippen LogP contribution is 2.25. The second kappa shape index (κ2) is 6.22. The second-order valence-corrected chi connectivity index (χ2v) is 5.21. The molecule has 0 saturated carbocycles. The summed E-state index contributed by atoms with van der Waals surface area (Å²) < 4.78 is 13.8. The molecule has 1 heterocycles. The molecule has 4 nitrogen and oxygen atoms in total. The van der Waals surface area contributed by atoms with Gasteiger partial charge in [-0.05, 0) is 25.0 Å². The van der Waals surface area contributed by atoms with Gasteiger partial charge in [-0.25, -0.2) is 9.18 Å². The topological polar surface area (TPSA) is 57.6 Å². The van der Waals surface area contributed by atoms with E-state index >= 15 is 0 Å². The van der Waals surface area contributed by atoms with E-state index in [2.05, 4.69) is 0 Å². The molecule has 1 unspecified atom stereocenters. The second-order valence-electron chi connectivity index (χ2n) is 4.80. The van der Waals surface area contributed by atoms with E-state index in [0.717, 1.165) is 18.9 Å². The quantitative estimate of drug-likeness (QED) is 0.913. The van der Waals surface area contributed by atoms with Gasteiger partial charge in [0, 0.05) is 6.54 Å². The van der Waals surface area contributed by atoms with Gasteiger partial charge >= 0.3 is 5.97 Å². The van der Waals surface area contributed by atoms with Crippen molar-refractivity contribution in [2.45, 2.75) is 31.7 Å². The molecule has 20 heavy (non-hydrogen) atoms. The SMILES string of the molecule is O=C(O)C1CCCCCN1C(=O)c1c(F)cccc1Cl. The molecule has 1 N–H and O–H groups in total. The van der Waals surface area contributed by atoms with E-state index in [0.29, 0.717) is 19.4 Å². The smallest absolute Gasteiger partial charge is 0.326 e. The number of hydrogen-bond acceptors (Lipinski definition) is 2. The first kappa shape index (κ1) is 14.8. The van der Waals surface area contributed by atoms with Crippen LogP contribution in [0.3, 0.4) is 0 Å². The molecule has 2 rings (SSSR count). The van der Waals surface area contributed by atoms with Crippen LogP contribution >= 0.6 is 11.6 Å². The Bertz CT molecular complexity index is 515. The highest BCUT2D eigenvalue weighted by molar-refractivity contribution is 6.33. The van der Waals surface area contributed by atoms with E-state index in [9.17, 15) is 19.1 Å². The van der Waals surface area contributed by atoms with Crippen LogP contribution in [0.4, 0.5) is 4.39 Å². The Kier molecular flexibility index (Phi) is 4.60. The summed E-state index contributed by atoms with van der Waals surface area (Å²) in [6, 6.07) is 3.06. The van der Waals surface area contributed by atoms with Crippen molar-refractivity contribution in [3.05, 3.63) is 34.6 Å². The summed E-state index contributed by atoms with van der Waals surface area (Å²) in [7, 11) is 0. The van der Waals surface area contributed by atoms with Gasteiger partial charge in [-0.15, -0.1) is 0 Å². The van der Waals surface area contributed by atoms with E-state index in [1.54, 1.807) is 0 Å². The molecule has 1 aliphatic heterocycles. The minimum Gasteiger partial charge on any atom is -0.480 e. The number of carbonyl (C=O) groups excluding carboxylic acids is 1. The zero-order valence-electron chi connectivity index (χ0n) is 10.8. The minimum atomic E-state index is -1.06. The third kappa shape index (κ3) is 2.93. The molecular weight excluding hydrogens is 285 g/mol. The fourth-order valence-electron chi connectivity index (χ4n) is 2.45. The average molecular weight is 300 g/mol. The molecule has 0 bridgehead atoms. The van der Waals surface area contributed by atoms with Gasteiger partial charge in [-0.2, -0.15) is 0 Å². The zero-order valence-corrected chi connectivity index (χ0v) is 11.6. The van der Waals surface area contributed by atoms with Crippen LogP contribution in [-0.4, -0.2) is 34.5 Å². The number of nitrogens with zero attached hydrogens (tertiary/aromatic N) is 1. The highest BCUT2D eigenvalue weighted by atomic mass is 35.5. The molecule has 1 aromatic carbocycles. The Morgan fingerprint density at radius 1 is 1.30 bits per heavy atom. The van der Waals surface area contributed by atoms with Gasteiger partial charge in [-0.1, -0.05) is 30.5 Å². The normalized spacial score (nSPS) is 19.5. The summed E-state index contributed by atoms with van der Waals surface area (Å²) in [5.74, 6) is -2.44. The van der Waals surface area contributed by atoms with Crippen molar-refractivity contribution < 1.29 is 19.1 Å². The molecular formula is C14H15ClFNO3. The molecule has 108 valence electrons. The molecule has 0 aromatic heterocycles. The molecule has 1 aromatic rings. The van der Waals surface area contributed by atoms with Crippen molar-refractivity contribution in [2.75, 3.05) is 6.54 Å². The fourth-order valence-corrected chi connectivity index (χ4v) is 2.70. The maximum atomic E-state index is 13.8. The maximum Gasteiger partial charge on any atom is 0.326 e. The lowest BCUT2D eigenvalue weighted by Crippen LogP contribution is -2.45. The Balaban J connectivity index is 2.36. The van der Waals surface area contributed by atoms with Crippen LogP contribution in [0.15, 0.2) is 18.2 Å². The maximum absolute atomic E-state index is 13.8. The van der Waals surface area contributed by atoms with Crippen LogP contribution in [-0.2, 0) is 4.79 Å². The third-order valence-electron chi connectivity index (χ3n) is 3.48. The number of aliphatic carboxylic acids is 1. The number of hydrogen-bond donors (Lipinski definition) is 1. The van der Waals surface area contributed by atoms with E-state index in [1.807, 2.05) is 0 Å². The summed E-state index contributed by atoms with van der Waals surface area (Å²) in [4.78, 5) is 25.0. The van der Waals surface area contributed by atoms with Crippen molar-refractivity contribution in [2.24, 2.45) is 0 Å². The van der Waals surface area contributed by atoms with Crippen molar-refractivity contribution in [3.8, 4) is 0 Å². The number of halogens is 2. The average Bonchev–Trinajstić information content (AvgIpc) is 2.63. The Hall–Kier alpha value is -1.62. The van der Waals surface area contributed by atoms with Gasteiger partial charge in [0.15, 0.2) is 0 Å². The Labute approximate surface area is 121 Å². The minimum absolute atomic E-state index is 0.00313. The molecule has 0 spiro atoms. The fraction of sp³-hybridized carbons (Fsp3) is 0.429. The molecule has 1 aliphatic rings. The highest BCUT2D eigenvalue weighted by Gasteiger charge is 2.33. The number of carboxylic acids is 1. The van der Waals surface area contributed by atoms with Crippen molar-refractivity contribution in [3.63, 3.8) is 0 Å². The van der Waals surface area contributed by atoms with Crippen LogP contribution in [0.1, 0.15) is 36.0 Å². The number of likely N-dealkylation sites (tertiary alicyclic amines) is 1. The summed E-state index contributed by atoms with van der Waals surface area (Å²) in [6.45, 7) is 0.306. The predicted octanol–water partition coefficient (Wildman–Crippen LogP) is 2.95. The summed E-state index contributed by atoms with van der Waals surface area (Å²) in [6.07, 6.45) is 2.69. The largest absolute Gasteiger partial charge is 0.480 e. The van der Waals surface area contributed by atoms with E-state index in [-0.39, 0.29) is 10.6 Å². The Morgan fingerprint density at radius 2 is 2.05 bits per heavy atom. The standard InChI is InChI=1S/C14H15ClFNO3/c15-9-5-4-6-10(16)12(9)13(18)17-8-3-1-2-7-11(17)14(19)20/h4-6,11H,1-3,7-8H2,(H,19,20). The third-order valence-corrected chi connectivity index (χ3v) is 3.79. The van der Waals surface area contributed by atoms with Crippen molar-refractivity contribution >= 4 is 23.5 Å². The zero-order chi connectivity index (χ0) is 14.7. The predicted molar refractivity (Wildman–Crippen MR) is 72.3 cm³/mol. The molecule has 1 fully saturated rings. The van der Waals surface area contributed by atoms with Gasteiger partial charge in [-0.3, -0.25) is 4.79 Å². The first-order valence-corrected chi connectivity index (χ1v) is 6.88. The lowest BCUT2D eigenvalue weighted by atomic mass is 10.1. The number of rotatable bonds is 2. The number of carbonyl (C=O) groups is 2. The molecule has 1 atom stereocenters. The van der Waals surface area contributed by atoms with E-state index in [4.69, 9.17) is 11.6 Å². The van der Waals surface area contributed by atoms with E-state index < -0.39 is 23.7 Å². The van der Waals surface area contributed by atoms with Gasteiger partial charge in [0.2, 0.25) is 0 Å². The number of carboxylic acid groups (broad SMARTS) is 1. The van der Waals surface area contributed by atoms with Crippen LogP contribution in [0, 0.1) is 5.82 Å². The summed E-state index contributed by atoms with van der Waals surface area (Å²) in [5.41, 5.74) is -0.248. The van der Waals surface area contributed by atoms with Gasteiger partial charge in [0.25, 0.3) is 5.91 Å². The van der Waals surface area contributed by atoms with Gasteiger partial charge < -0.3 is 10.0 Å². The Morgan fingerprint density at radius 3 is 2.70 bits per heavy atom. The molecule has 1 saturated heterocycles. The van der Waals surface area contributed by atoms with Crippen LogP contribution in [0.2, 0.25) is 5.02 Å². The molecule has 0 radical (unpaired) electrons. The lowest BCUT2D eigenvalue weighted by Gasteiger charge is -2.27. The monoisotopic (exact) mass is 299 g/mol. The molecule has 6 heteroatoms. The summed E-state index contributed by atoms with van der Waals surface area (Å²) >= 11 is 5.88. The van der Waals surface area contributed by atoms with Crippen LogP contribution < -0.4 is 0 Å². The molecule has 0 aliphatic carbocycles. The number of amides is 1. The van der Waals surface area contributed by atoms with Crippen molar-refractivity contribution in [1.29, 1.82) is 0 Å². The van der Waals surface area contributed by atoms with Gasteiger partial charge in [0.05, 0.1) is 10.6 Å². The lowest BCUT2D eigenvalue weighted by molar-refractivity contribution is -0.142. The number of benzene rings is 1. The first-order valence-electron chi connectivity index (χ1n) is 6.50. The van der Waals surface area contributed by atoms with Gasteiger partial charge in [0.1, 0.15) is 11.9 Å². The van der Waals surface area contributed by atoms with Crippen LogP contribution in [0.5, 0.6) is 0 Å². The first-order chi connectivity index (χ1) is 9.52. The van der Waals surface area contributed by atoms with Crippen LogP contribution in [0.25, 0.3) is 0 Å². The summed E-state index contributed by atoms with van der Waals surface area (Å²) in [5, 5.41) is 9.25.